The molecular formula is C16H16. The van der Waals surface area contributed by atoms with E-state index in [0.717, 1.165) is 0 Å². The zero-order chi connectivity index (χ0) is 11.4. The van der Waals surface area contributed by atoms with E-state index in [2.05, 4.69) is 68.5 Å². The summed E-state index contributed by atoms with van der Waals surface area (Å²) < 4.78 is 0. The van der Waals surface area contributed by atoms with Crippen LogP contribution in [-0.2, 0) is 0 Å². The molecule has 2 rings (SSSR count). The van der Waals surface area contributed by atoms with Gasteiger partial charge in [-0.2, -0.15) is 0 Å². The van der Waals surface area contributed by atoms with Crippen LogP contribution in [0, 0.1) is 0 Å². The second-order valence-electron chi connectivity index (χ2n) is 4.21. The lowest BCUT2D eigenvalue weighted by Gasteiger charge is -2.02. The van der Waals surface area contributed by atoms with Crippen molar-refractivity contribution in [3.8, 4) is 11.1 Å². The van der Waals surface area contributed by atoms with Crippen LogP contribution in [0.15, 0.2) is 60.2 Å². The first-order valence-electron chi connectivity index (χ1n) is 5.56. The Hall–Kier alpha value is -1.82. The minimum Gasteiger partial charge on any atom is -0.0758 e. The van der Waals surface area contributed by atoms with E-state index in [1.165, 1.54) is 22.3 Å². The van der Waals surface area contributed by atoms with Crippen LogP contribution in [0.1, 0.15) is 19.4 Å². The third kappa shape index (κ3) is 2.60. The molecule has 0 spiro atoms. The van der Waals surface area contributed by atoms with Crippen molar-refractivity contribution in [2.75, 3.05) is 0 Å². The lowest BCUT2D eigenvalue weighted by molar-refractivity contribution is 1.42. The molecule has 0 aliphatic carbocycles. The molecule has 0 aliphatic heterocycles. The fraction of sp³-hybridized carbons (Fsp3) is 0.125. The number of hydrogen-bond acceptors (Lipinski definition) is 0. The molecular weight excluding hydrogens is 192 g/mol. The summed E-state index contributed by atoms with van der Waals surface area (Å²) in [6.07, 6.45) is 2.19. The number of hydrogen-bond donors (Lipinski definition) is 0. The Labute approximate surface area is 97.3 Å². The first-order valence-corrected chi connectivity index (χ1v) is 5.56. The molecule has 0 heterocycles. The Kier molecular flexibility index (Phi) is 3.21. The van der Waals surface area contributed by atoms with Gasteiger partial charge in [0.05, 0.1) is 0 Å². The maximum Gasteiger partial charge on any atom is -0.0184 e. The average molecular weight is 208 g/mol. The van der Waals surface area contributed by atoms with Gasteiger partial charge in [-0.1, -0.05) is 66.2 Å². The van der Waals surface area contributed by atoms with Crippen LogP contribution in [-0.4, -0.2) is 0 Å². The van der Waals surface area contributed by atoms with Crippen LogP contribution in [0.4, 0.5) is 0 Å². The molecule has 0 aliphatic rings. The number of allylic oxidation sites excluding steroid dienone is 1. The molecule has 0 unspecified atom stereocenters. The topological polar surface area (TPSA) is 0 Å². The smallest absolute Gasteiger partial charge is 0.0184 e. The Morgan fingerprint density at radius 3 is 1.88 bits per heavy atom. The molecule has 0 nitrogen and oxygen atoms in total. The normalized spacial score (nSPS) is 9.88. The summed E-state index contributed by atoms with van der Waals surface area (Å²) in [7, 11) is 0. The molecule has 0 atom stereocenters. The first-order chi connectivity index (χ1) is 7.75. The van der Waals surface area contributed by atoms with Gasteiger partial charge in [0, 0.05) is 0 Å². The summed E-state index contributed by atoms with van der Waals surface area (Å²) in [5.74, 6) is 0. The van der Waals surface area contributed by atoms with E-state index in [1.807, 2.05) is 6.07 Å². The van der Waals surface area contributed by atoms with Crippen molar-refractivity contribution in [2.45, 2.75) is 13.8 Å². The second kappa shape index (κ2) is 4.80. The predicted octanol–water partition coefficient (Wildman–Crippen LogP) is 4.78. The summed E-state index contributed by atoms with van der Waals surface area (Å²) in [5, 5.41) is 0. The van der Waals surface area contributed by atoms with E-state index in [4.69, 9.17) is 0 Å². The third-order valence-electron chi connectivity index (χ3n) is 2.47. The fourth-order valence-corrected chi connectivity index (χ4v) is 1.74. The molecule has 0 radical (unpaired) electrons. The average Bonchev–Trinajstić information content (AvgIpc) is 2.30. The predicted molar refractivity (Wildman–Crippen MR) is 71.2 cm³/mol. The standard InChI is InChI=1S/C16H16/c1-13(2)12-14-8-10-16(11-9-14)15-6-4-3-5-7-15/h3-12H,1-2H3. The van der Waals surface area contributed by atoms with Crippen molar-refractivity contribution in [3.63, 3.8) is 0 Å². The van der Waals surface area contributed by atoms with E-state index in [-0.39, 0.29) is 0 Å². The molecule has 2 aromatic rings. The van der Waals surface area contributed by atoms with E-state index in [1.54, 1.807) is 0 Å². The van der Waals surface area contributed by atoms with Crippen LogP contribution in [0.2, 0.25) is 0 Å². The van der Waals surface area contributed by atoms with Crippen LogP contribution in [0.5, 0.6) is 0 Å². The minimum atomic E-state index is 1.26. The Bertz CT molecular complexity index is 471. The highest BCUT2D eigenvalue weighted by Crippen LogP contribution is 2.19. The van der Waals surface area contributed by atoms with Crippen molar-refractivity contribution in [3.05, 3.63) is 65.7 Å². The Balaban J connectivity index is 2.30. The van der Waals surface area contributed by atoms with Crippen LogP contribution in [0.3, 0.4) is 0 Å². The van der Waals surface area contributed by atoms with Crippen molar-refractivity contribution in [2.24, 2.45) is 0 Å². The monoisotopic (exact) mass is 208 g/mol. The van der Waals surface area contributed by atoms with Crippen LogP contribution >= 0.6 is 0 Å². The van der Waals surface area contributed by atoms with Gasteiger partial charge in [-0.25, -0.2) is 0 Å². The van der Waals surface area contributed by atoms with Crippen molar-refractivity contribution in [1.82, 2.24) is 0 Å². The molecule has 2 aromatic carbocycles. The highest BCUT2D eigenvalue weighted by Gasteiger charge is 1.95. The first kappa shape index (κ1) is 10.7. The van der Waals surface area contributed by atoms with Gasteiger partial charge in [-0.15, -0.1) is 0 Å². The molecule has 0 saturated carbocycles. The zero-order valence-corrected chi connectivity index (χ0v) is 9.77. The molecule has 0 saturated heterocycles. The van der Waals surface area contributed by atoms with Crippen molar-refractivity contribution < 1.29 is 0 Å². The molecule has 0 heteroatoms. The number of benzene rings is 2. The van der Waals surface area contributed by atoms with Gasteiger partial charge in [-0.05, 0) is 30.5 Å². The van der Waals surface area contributed by atoms with Crippen LogP contribution in [0.25, 0.3) is 17.2 Å². The van der Waals surface area contributed by atoms with Gasteiger partial charge in [-0.3, -0.25) is 0 Å². The van der Waals surface area contributed by atoms with E-state index < -0.39 is 0 Å². The summed E-state index contributed by atoms with van der Waals surface area (Å²) >= 11 is 0. The molecule has 0 bridgehead atoms. The SMILES string of the molecule is CC(C)=Cc1ccc(-c2ccccc2)cc1. The van der Waals surface area contributed by atoms with Crippen molar-refractivity contribution in [1.29, 1.82) is 0 Å². The van der Waals surface area contributed by atoms with Gasteiger partial charge in [0.1, 0.15) is 0 Å². The van der Waals surface area contributed by atoms with Gasteiger partial charge in [0.15, 0.2) is 0 Å². The molecule has 0 fully saturated rings. The van der Waals surface area contributed by atoms with Gasteiger partial charge in [0.2, 0.25) is 0 Å². The molecule has 0 N–H and O–H groups in total. The zero-order valence-electron chi connectivity index (χ0n) is 9.77. The van der Waals surface area contributed by atoms with E-state index in [0.29, 0.717) is 0 Å². The third-order valence-corrected chi connectivity index (χ3v) is 2.47. The van der Waals surface area contributed by atoms with Gasteiger partial charge < -0.3 is 0 Å². The fourth-order valence-electron chi connectivity index (χ4n) is 1.74. The number of rotatable bonds is 2. The highest BCUT2D eigenvalue weighted by molar-refractivity contribution is 5.65. The molecule has 80 valence electrons. The van der Waals surface area contributed by atoms with Gasteiger partial charge >= 0.3 is 0 Å². The van der Waals surface area contributed by atoms with E-state index >= 15 is 0 Å². The largest absolute Gasteiger partial charge is 0.0758 e. The quantitative estimate of drug-likeness (QED) is 0.666. The Morgan fingerprint density at radius 2 is 1.31 bits per heavy atom. The summed E-state index contributed by atoms with van der Waals surface area (Å²) in [4.78, 5) is 0. The molecule has 0 aromatic heterocycles. The van der Waals surface area contributed by atoms with Gasteiger partial charge in [0.25, 0.3) is 0 Å². The summed E-state index contributed by atoms with van der Waals surface area (Å²) in [6.45, 7) is 4.23. The van der Waals surface area contributed by atoms with Crippen LogP contribution < -0.4 is 0 Å². The van der Waals surface area contributed by atoms with E-state index in [9.17, 15) is 0 Å². The van der Waals surface area contributed by atoms with Crippen molar-refractivity contribution >= 4 is 6.08 Å². The maximum atomic E-state index is 2.19. The summed E-state index contributed by atoms with van der Waals surface area (Å²) in [5.41, 5.74) is 5.13. The Morgan fingerprint density at radius 1 is 0.750 bits per heavy atom. The maximum absolute atomic E-state index is 2.19. The second-order valence-corrected chi connectivity index (χ2v) is 4.21. The molecule has 16 heavy (non-hydrogen) atoms. The lowest BCUT2D eigenvalue weighted by Crippen LogP contribution is -1.78. The lowest BCUT2D eigenvalue weighted by atomic mass is 10.0. The minimum absolute atomic E-state index is 1.26. The molecule has 0 amide bonds. The highest BCUT2D eigenvalue weighted by atomic mass is 14.0. The summed E-state index contributed by atoms with van der Waals surface area (Å²) in [6, 6.07) is 19.1.